The fraction of sp³-hybridized carbons (Fsp3) is 0.200. The van der Waals surface area contributed by atoms with Crippen molar-refractivity contribution in [3.05, 3.63) is 41.7 Å². The van der Waals surface area contributed by atoms with E-state index in [2.05, 4.69) is 15.4 Å². The number of esters is 1. The van der Waals surface area contributed by atoms with Crippen LogP contribution < -0.4 is 5.32 Å². The van der Waals surface area contributed by atoms with Crippen LogP contribution in [0.3, 0.4) is 0 Å². The molecule has 2 aromatic heterocycles. The Balaban J connectivity index is 1.84. The summed E-state index contributed by atoms with van der Waals surface area (Å²) in [6, 6.07) is 6.73. The molecule has 0 unspecified atom stereocenters. The van der Waals surface area contributed by atoms with Gasteiger partial charge in [0.1, 0.15) is 5.69 Å². The third-order valence-electron chi connectivity index (χ3n) is 3.17. The highest BCUT2D eigenvalue weighted by molar-refractivity contribution is 7.22. The van der Waals surface area contributed by atoms with Gasteiger partial charge in [0.2, 0.25) is 0 Å². The highest BCUT2D eigenvalue weighted by Crippen LogP contribution is 2.27. The number of nitrogens with zero attached hydrogens (tertiary/aromatic N) is 3. The molecule has 3 aromatic rings. The Labute approximate surface area is 135 Å². The fourth-order valence-electron chi connectivity index (χ4n) is 2.08. The number of thiazole rings is 1. The maximum Gasteiger partial charge on any atom is 0.338 e. The maximum absolute atomic E-state index is 12.2. The number of carbonyl (C=O) groups is 2. The second-order valence-electron chi connectivity index (χ2n) is 4.72. The second-order valence-corrected chi connectivity index (χ2v) is 5.75. The lowest BCUT2D eigenvalue weighted by molar-refractivity contribution is 0.0526. The Hall–Kier alpha value is -2.74. The first-order valence-electron chi connectivity index (χ1n) is 6.95. The molecule has 0 spiro atoms. The molecule has 0 radical (unpaired) electrons. The highest BCUT2D eigenvalue weighted by Gasteiger charge is 2.14. The Kier molecular flexibility index (Phi) is 4.07. The van der Waals surface area contributed by atoms with E-state index in [0.717, 1.165) is 4.70 Å². The van der Waals surface area contributed by atoms with E-state index < -0.39 is 0 Å². The minimum absolute atomic E-state index is 0.283. The summed E-state index contributed by atoms with van der Waals surface area (Å²) < 4.78 is 7.27. The number of hydrogen-bond acceptors (Lipinski definition) is 6. The van der Waals surface area contributed by atoms with Crippen molar-refractivity contribution < 1.29 is 14.3 Å². The van der Waals surface area contributed by atoms with Crippen molar-refractivity contribution in [2.24, 2.45) is 7.05 Å². The van der Waals surface area contributed by atoms with Gasteiger partial charge in [-0.25, -0.2) is 9.78 Å². The van der Waals surface area contributed by atoms with Gasteiger partial charge in [-0.2, -0.15) is 5.10 Å². The Morgan fingerprint density at radius 3 is 2.87 bits per heavy atom. The quantitative estimate of drug-likeness (QED) is 0.743. The molecule has 3 rings (SSSR count). The van der Waals surface area contributed by atoms with Gasteiger partial charge in [-0.1, -0.05) is 11.3 Å². The minimum atomic E-state index is -0.372. The van der Waals surface area contributed by atoms with Crippen LogP contribution in [0.4, 0.5) is 5.13 Å². The van der Waals surface area contributed by atoms with Gasteiger partial charge in [-0.15, -0.1) is 0 Å². The Bertz CT molecular complexity index is 884. The molecule has 23 heavy (non-hydrogen) atoms. The van der Waals surface area contributed by atoms with Gasteiger partial charge in [0.25, 0.3) is 5.91 Å². The van der Waals surface area contributed by atoms with Crippen molar-refractivity contribution in [1.82, 2.24) is 14.8 Å². The standard InChI is InChI=1S/C15H14N4O3S/c1-3-22-14(21)9-4-5-10-12(8-9)23-15(17-10)18-13(20)11-6-7-16-19(11)2/h4-8H,3H2,1-2H3,(H,17,18,20). The van der Waals surface area contributed by atoms with Gasteiger partial charge in [-0.3, -0.25) is 14.8 Å². The smallest absolute Gasteiger partial charge is 0.338 e. The Morgan fingerprint density at radius 2 is 2.17 bits per heavy atom. The summed E-state index contributed by atoms with van der Waals surface area (Å²) in [5, 5.41) is 7.16. The molecule has 1 N–H and O–H groups in total. The molecule has 1 amide bonds. The number of carbonyl (C=O) groups excluding carboxylic acids is 2. The molecule has 8 heteroatoms. The second kappa shape index (κ2) is 6.17. The van der Waals surface area contributed by atoms with Crippen LogP contribution in [0.5, 0.6) is 0 Å². The number of rotatable bonds is 4. The van der Waals surface area contributed by atoms with E-state index >= 15 is 0 Å². The van der Waals surface area contributed by atoms with Crippen LogP contribution in [0, 0.1) is 0 Å². The largest absolute Gasteiger partial charge is 0.462 e. The number of aryl methyl sites for hydroxylation is 1. The van der Waals surface area contributed by atoms with Crippen molar-refractivity contribution in [1.29, 1.82) is 0 Å². The maximum atomic E-state index is 12.2. The summed E-state index contributed by atoms with van der Waals surface area (Å²) in [6.07, 6.45) is 1.55. The summed E-state index contributed by atoms with van der Waals surface area (Å²) in [7, 11) is 1.69. The van der Waals surface area contributed by atoms with Crippen LogP contribution in [0.15, 0.2) is 30.5 Å². The number of benzene rings is 1. The molecule has 0 fully saturated rings. The monoisotopic (exact) mass is 330 g/mol. The van der Waals surface area contributed by atoms with Crippen molar-refractivity contribution in [3.63, 3.8) is 0 Å². The predicted molar refractivity (Wildman–Crippen MR) is 86.7 cm³/mol. The SMILES string of the molecule is CCOC(=O)c1ccc2nc(NC(=O)c3ccnn3C)sc2c1. The lowest BCUT2D eigenvalue weighted by Crippen LogP contribution is -2.15. The van der Waals surface area contributed by atoms with E-state index in [1.54, 1.807) is 44.4 Å². The molecular weight excluding hydrogens is 316 g/mol. The van der Waals surface area contributed by atoms with E-state index in [9.17, 15) is 9.59 Å². The topological polar surface area (TPSA) is 86.1 Å². The van der Waals surface area contributed by atoms with Crippen molar-refractivity contribution in [2.45, 2.75) is 6.92 Å². The molecule has 1 aromatic carbocycles. The molecule has 0 aliphatic heterocycles. The minimum Gasteiger partial charge on any atom is -0.462 e. The number of anilines is 1. The zero-order chi connectivity index (χ0) is 16.4. The molecule has 0 saturated heterocycles. The first kappa shape index (κ1) is 15.2. The summed E-state index contributed by atoms with van der Waals surface area (Å²) >= 11 is 1.30. The summed E-state index contributed by atoms with van der Waals surface area (Å²) in [5.74, 6) is -0.655. The van der Waals surface area contributed by atoms with Crippen molar-refractivity contribution in [2.75, 3.05) is 11.9 Å². The molecule has 2 heterocycles. The Morgan fingerprint density at radius 1 is 1.35 bits per heavy atom. The zero-order valence-corrected chi connectivity index (χ0v) is 13.4. The summed E-state index contributed by atoms with van der Waals surface area (Å²) in [4.78, 5) is 28.2. The third kappa shape index (κ3) is 3.07. The number of aromatic nitrogens is 3. The third-order valence-corrected chi connectivity index (χ3v) is 4.11. The van der Waals surface area contributed by atoms with Gasteiger partial charge < -0.3 is 4.74 Å². The molecule has 0 aliphatic rings. The van der Waals surface area contributed by atoms with E-state index in [4.69, 9.17) is 4.74 Å². The van der Waals surface area contributed by atoms with E-state index in [1.807, 2.05) is 0 Å². The number of ether oxygens (including phenoxy) is 1. The normalized spacial score (nSPS) is 10.7. The lowest BCUT2D eigenvalue weighted by atomic mass is 10.2. The lowest BCUT2D eigenvalue weighted by Gasteiger charge is -2.00. The molecule has 0 atom stereocenters. The van der Waals surface area contributed by atoms with Crippen molar-refractivity contribution in [3.8, 4) is 0 Å². The van der Waals surface area contributed by atoms with Crippen LogP contribution in [0.2, 0.25) is 0 Å². The molecule has 0 saturated carbocycles. The van der Waals surface area contributed by atoms with Gasteiger partial charge in [-0.05, 0) is 31.2 Å². The highest BCUT2D eigenvalue weighted by atomic mass is 32.1. The van der Waals surface area contributed by atoms with Gasteiger partial charge >= 0.3 is 5.97 Å². The molecule has 118 valence electrons. The predicted octanol–water partition coefficient (Wildman–Crippen LogP) is 2.46. The van der Waals surface area contributed by atoms with E-state index in [-0.39, 0.29) is 11.9 Å². The first-order chi connectivity index (χ1) is 11.1. The van der Waals surface area contributed by atoms with Crippen molar-refractivity contribution >= 4 is 38.6 Å². The zero-order valence-electron chi connectivity index (χ0n) is 12.6. The number of nitrogens with one attached hydrogen (secondary N) is 1. The number of hydrogen-bond donors (Lipinski definition) is 1. The van der Waals surface area contributed by atoms with Gasteiger partial charge in [0.05, 0.1) is 22.4 Å². The fourth-order valence-corrected chi connectivity index (χ4v) is 2.98. The average Bonchev–Trinajstić information content (AvgIpc) is 3.11. The van der Waals surface area contributed by atoms with E-state index in [1.165, 1.54) is 16.0 Å². The van der Waals surface area contributed by atoms with E-state index in [0.29, 0.717) is 28.5 Å². The van der Waals surface area contributed by atoms with Crippen LogP contribution in [-0.4, -0.2) is 33.2 Å². The molecule has 7 nitrogen and oxygen atoms in total. The number of amides is 1. The van der Waals surface area contributed by atoms with Gasteiger partial charge in [0.15, 0.2) is 5.13 Å². The molecular formula is C15H14N4O3S. The molecule has 0 aliphatic carbocycles. The summed E-state index contributed by atoms with van der Waals surface area (Å²) in [6.45, 7) is 2.08. The average molecular weight is 330 g/mol. The van der Waals surface area contributed by atoms with Crippen LogP contribution in [0.25, 0.3) is 10.2 Å². The van der Waals surface area contributed by atoms with Gasteiger partial charge in [0, 0.05) is 13.2 Å². The molecule has 0 bridgehead atoms. The first-order valence-corrected chi connectivity index (χ1v) is 7.77. The van der Waals surface area contributed by atoms with Crippen LogP contribution in [-0.2, 0) is 11.8 Å². The van der Waals surface area contributed by atoms with Crippen LogP contribution >= 0.6 is 11.3 Å². The number of fused-ring (bicyclic) bond motifs is 1. The summed E-state index contributed by atoms with van der Waals surface area (Å²) in [5.41, 5.74) is 1.62. The van der Waals surface area contributed by atoms with Crippen LogP contribution in [0.1, 0.15) is 27.8 Å².